The molecule has 0 saturated carbocycles. The Kier molecular flexibility index (Phi) is 5.46. The highest BCUT2D eigenvalue weighted by Crippen LogP contribution is 2.05. The lowest BCUT2D eigenvalue weighted by Crippen LogP contribution is -2.27. The van der Waals surface area contributed by atoms with Crippen LogP contribution in [0.25, 0.3) is 0 Å². The van der Waals surface area contributed by atoms with Crippen LogP contribution in [0.1, 0.15) is 16.7 Å². The van der Waals surface area contributed by atoms with Gasteiger partial charge in [-0.1, -0.05) is 36.4 Å². The number of rotatable bonds is 6. The zero-order chi connectivity index (χ0) is 15.1. The molecule has 0 heterocycles. The molecule has 0 aromatic heterocycles. The molecule has 3 N–H and O–H groups in total. The molecule has 0 fully saturated rings. The van der Waals surface area contributed by atoms with Crippen LogP contribution in [0.2, 0.25) is 0 Å². The predicted octanol–water partition coefficient (Wildman–Crippen LogP) is 2.19. The number of benzene rings is 2. The van der Waals surface area contributed by atoms with Crippen molar-refractivity contribution in [3.63, 3.8) is 0 Å². The monoisotopic (exact) mass is 286 g/mol. The third kappa shape index (κ3) is 5.00. The SMILES string of the molecule is NCc1ccc(CC(=O)NCCc2ccc(F)cc2)cc1. The maximum atomic E-state index is 12.8. The van der Waals surface area contributed by atoms with Crippen LogP contribution in [0.15, 0.2) is 48.5 Å². The number of nitrogens with two attached hydrogens (primary N) is 1. The van der Waals surface area contributed by atoms with E-state index in [-0.39, 0.29) is 11.7 Å². The van der Waals surface area contributed by atoms with E-state index < -0.39 is 0 Å². The summed E-state index contributed by atoms with van der Waals surface area (Å²) in [7, 11) is 0. The third-order valence-electron chi connectivity index (χ3n) is 3.27. The minimum Gasteiger partial charge on any atom is -0.355 e. The van der Waals surface area contributed by atoms with E-state index in [1.807, 2.05) is 24.3 Å². The Morgan fingerprint density at radius 3 is 2.14 bits per heavy atom. The van der Waals surface area contributed by atoms with Crippen molar-refractivity contribution >= 4 is 5.91 Å². The lowest BCUT2D eigenvalue weighted by molar-refractivity contribution is -0.120. The standard InChI is InChI=1S/C17H19FN2O/c18-16-7-5-13(6-8-16)9-10-20-17(21)11-14-1-3-15(12-19)4-2-14/h1-8H,9-12,19H2,(H,20,21). The first-order valence-corrected chi connectivity index (χ1v) is 6.96. The maximum absolute atomic E-state index is 12.8. The van der Waals surface area contributed by atoms with Gasteiger partial charge in [-0.15, -0.1) is 0 Å². The molecular formula is C17H19FN2O. The van der Waals surface area contributed by atoms with Crippen LogP contribution in [0.3, 0.4) is 0 Å². The molecule has 0 aliphatic rings. The Balaban J connectivity index is 1.75. The van der Waals surface area contributed by atoms with E-state index in [2.05, 4.69) is 5.32 Å². The topological polar surface area (TPSA) is 55.1 Å². The molecule has 0 aliphatic carbocycles. The van der Waals surface area contributed by atoms with Gasteiger partial charge in [-0.3, -0.25) is 4.79 Å². The van der Waals surface area contributed by atoms with Gasteiger partial charge in [0, 0.05) is 13.1 Å². The van der Waals surface area contributed by atoms with Crippen LogP contribution in [-0.4, -0.2) is 12.5 Å². The Labute approximate surface area is 124 Å². The van der Waals surface area contributed by atoms with Crippen LogP contribution in [0.4, 0.5) is 4.39 Å². The van der Waals surface area contributed by atoms with E-state index in [0.29, 0.717) is 25.9 Å². The van der Waals surface area contributed by atoms with Gasteiger partial charge >= 0.3 is 0 Å². The van der Waals surface area contributed by atoms with Crippen molar-refractivity contribution in [3.05, 3.63) is 71.0 Å². The molecule has 0 atom stereocenters. The molecule has 1 amide bonds. The van der Waals surface area contributed by atoms with Crippen molar-refractivity contribution < 1.29 is 9.18 Å². The fraction of sp³-hybridized carbons (Fsp3) is 0.235. The Hall–Kier alpha value is -2.20. The van der Waals surface area contributed by atoms with Gasteiger partial charge in [0.1, 0.15) is 5.82 Å². The highest BCUT2D eigenvalue weighted by atomic mass is 19.1. The van der Waals surface area contributed by atoms with Crippen molar-refractivity contribution in [3.8, 4) is 0 Å². The summed E-state index contributed by atoms with van der Waals surface area (Å²) in [6.45, 7) is 1.05. The smallest absolute Gasteiger partial charge is 0.224 e. The summed E-state index contributed by atoms with van der Waals surface area (Å²) >= 11 is 0. The zero-order valence-corrected chi connectivity index (χ0v) is 11.8. The van der Waals surface area contributed by atoms with Crippen molar-refractivity contribution in [2.75, 3.05) is 6.54 Å². The van der Waals surface area contributed by atoms with E-state index in [1.165, 1.54) is 12.1 Å². The number of nitrogens with one attached hydrogen (secondary N) is 1. The number of carbonyl (C=O) groups excluding carboxylic acids is 1. The molecule has 0 saturated heterocycles. The fourth-order valence-corrected chi connectivity index (χ4v) is 2.04. The molecule has 0 bridgehead atoms. The van der Waals surface area contributed by atoms with Crippen molar-refractivity contribution in [2.45, 2.75) is 19.4 Å². The summed E-state index contributed by atoms with van der Waals surface area (Å²) in [6, 6.07) is 14.0. The molecule has 3 nitrogen and oxygen atoms in total. The third-order valence-corrected chi connectivity index (χ3v) is 3.27. The lowest BCUT2D eigenvalue weighted by atomic mass is 10.1. The van der Waals surface area contributed by atoms with Gasteiger partial charge < -0.3 is 11.1 Å². The molecule has 2 rings (SSSR count). The van der Waals surface area contributed by atoms with Gasteiger partial charge in [-0.25, -0.2) is 4.39 Å². The van der Waals surface area contributed by atoms with Gasteiger partial charge in [0.2, 0.25) is 5.91 Å². The molecule has 0 aliphatic heterocycles. The quantitative estimate of drug-likeness (QED) is 0.855. The predicted molar refractivity (Wildman–Crippen MR) is 81.2 cm³/mol. The van der Waals surface area contributed by atoms with Crippen molar-refractivity contribution in [1.29, 1.82) is 0 Å². The molecule has 4 heteroatoms. The number of carbonyl (C=O) groups is 1. The summed E-state index contributed by atoms with van der Waals surface area (Å²) < 4.78 is 12.8. The molecule has 110 valence electrons. The van der Waals surface area contributed by atoms with Crippen LogP contribution < -0.4 is 11.1 Å². The second-order valence-electron chi connectivity index (χ2n) is 4.92. The van der Waals surface area contributed by atoms with Gasteiger partial charge in [0.25, 0.3) is 0 Å². The average molecular weight is 286 g/mol. The van der Waals surface area contributed by atoms with Crippen molar-refractivity contribution in [1.82, 2.24) is 5.32 Å². The van der Waals surface area contributed by atoms with Crippen LogP contribution in [0.5, 0.6) is 0 Å². The van der Waals surface area contributed by atoms with E-state index in [0.717, 1.165) is 16.7 Å². The maximum Gasteiger partial charge on any atom is 0.224 e. The van der Waals surface area contributed by atoms with Crippen LogP contribution in [0, 0.1) is 5.82 Å². The number of halogens is 1. The zero-order valence-electron chi connectivity index (χ0n) is 11.8. The molecule has 0 spiro atoms. The van der Waals surface area contributed by atoms with Crippen molar-refractivity contribution in [2.24, 2.45) is 5.73 Å². The second-order valence-corrected chi connectivity index (χ2v) is 4.92. The number of hydrogen-bond donors (Lipinski definition) is 2. The highest BCUT2D eigenvalue weighted by molar-refractivity contribution is 5.78. The van der Waals surface area contributed by atoms with Crippen LogP contribution in [-0.2, 0) is 24.2 Å². The second kappa shape index (κ2) is 7.55. The first kappa shape index (κ1) is 15.2. The number of hydrogen-bond acceptors (Lipinski definition) is 2. The van der Waals surface area contributed by atoms with Gasteiger partial charge in [-0.05, 0) is 35.2 Å². The average Bonchev–Trinajstić information content (AvgIpc) is 2.50. The normalized spacial score (nSPS) is 10.4. The lowest BCUT2D eigenvalue weighted by Gasteiger charge is -2.06. The molecule has 21 heavy (non-hydrogen) atoms. The molecule has 2 aromatic rings. The fourth-order valence-electron chi connectivity index (χ4n) is 2.04. The summed E-state index contributed by atoms with van der Waals surface area (Å²) in [5, 5.41) is 2.87. The van der Waals surface area contributed by atoms with E-state index >= 15 is 0 Å². The van der Waals surface area contributed by atoms with Gasteiger partial charge in [0.15, 0.2) is 0 Å². The Morgan fingerprint density at radius 1 is 0.952 bits per heavy atom. The molecule has 0 radical (unpaired) electrons. The summed E-state index contributed by atoms with van der Waals surface area (Å²) in [6.07, 6.45) is 1.05. The minimum atomic E-state index is -0.247. The molecule has 2 aromatic carbocycles. The van der Waals surface area contributed by atoms with Gasteiger partial charge in [-0.2, -0.15) is 0 Å². The van der Waals surface area contributed by atoms with E-state index in [4.69, 9.17) is 5.73 Å². The first-order valence-electron chi connectivity index (χ1n) is 6.96. The highest BCUT2D eigenvalue weighted by Gasteiger charge is 2.03. The largest absolute Gasteiger partial charge is 0.355 e. The van der Waals surface area contributed by atoms with E-state index in [1.54, 1.807) is 12.1 Å². The summed E-state index contributed by atoms with van der Waals surface area (Å²) in [4.78, 5) is 11.8. The van der Waals surface area contributed by atoms with Crippen LogP contribution >= 0.6 is 0 Å². The minimum absolute atomic E-state index is 0.0161. The Morgan fingerprint density at radius 2 is 1.52 bits per heavy atom. The number of amides is 1. The summed E-state index contributed by atoms with van der Waals surface area (Å²) in [5.74, 6) is -0.263. The van der Waals surface area contributed by atoms with E-state index in [9.17, 15) is 9.18 Å². The molecule has 0 unspecified atom stereocenters. The molecular weight excluding hydrogens is 267 g/mol. The Bertz CT molecular complexity index is 579. The van der Waals surface area contributed by atoms with Gasteiger partial charge in [0.05, 0.1) is 6.42 Å². The summed E-state index contributed by atoms with van der Waals surface area (Å²) in [5.41, 5.74) is 8.55. The first-order chi connectivity index (χ1) is 10.2.